The van der Waals surface area contributed by atoms with Gasteiger partial charge in [0.05, 0.1) is 16.6 Å². The monoisotopic (exact) mass is 374 g/mol. The quantitative estimate of drug-likeness (QED) is 0.890. The Morgan fingerprint density at radius 2 is 1.92 bits per heavy atom. The lowest BCUT2D eigenvalue weighted by Crippen LogP contribution is -2.25. The molecule has 1 aliphatic rings. The molecule has 1 aromatic carbocycles. The Morgan fingerprint density at radius 3 is 2.64 bits per heavy atom. The molecule has 2 heterocycles. The van der Waals surface area contributed by atoms with E-state index in [2.05, 4.69) is 15.5 Å². The van der Waals surface area contributed by atoms with Gasteiger partial charge in [-0.1, -0.05) is 12.1 Å². The molecule has 1 aromatic heterocycles. The summed E-state index contributed by atoms with van der Waals surface area (Å²) < 4.78 is 64.2. The predicted octanol–water partition coefficient (Wildman–Crippen LogP) is 3.08. The lowest BCUT2D eigenvalue weighted by molar-refractivity contribution is -0.0435. The maximum absolute atomic E-state index is 12.9. The number of aryl methyl sites for hydroxylation is 1. The van der Waals surface area contributed by atoms with Gasteiger partial charge in [-0.25, -0.2) is 8.42 Å². The van der Waals surface area contributed by atoms with Gasteiger partial charge in [-0.3, -0.25) is 0 Å². The van der Waals surface area contributed by atoms with Gasteiger partial charge in [0.1, 0.15) is 5.82 Å². The van der Waals surface area contributed by atoms with Crippen molar-refractivity contribution in [2.75, 3.05) is 5.32 Å². The minimum atomic E-state index is -5.44. The molecule has 1 unspecified atom stereocenters. The zero-order chi connectivity index (χ0) is 18.2. The molecule has 0 saturated carbocycles. The molecule has 0 saturated heterocycles. The summed E-state index contributed by atoms with van der Waals surface area (Å²) in [7, 11) is -5.44. The fourth-order valence-corrected chi connectivity index (χ4v) is 3.82. The Kier molecular flexibility index (Phi) is 4.48. The first-order chi connectivity index (χ1) is 11.7. The Balaban J connectivity index is 1.93. The molecule has 0 spiro atoms. The average molecular weight is 374 g/mol. The number of fused-ring (bicyclic) bond motifs is 1. The summed E-state index contributed by atoms with van der Waals surface area (Å²) >= 11 is 0. The number of rotatable bonds is 4. The zero-order valence-electron chi connectivity index (χ0n) is 13.4. The van der Waals surface area contributed by atoms with Crippen LogP contribution in [0.2, 0.25) is 0 Å². The van der Waals surface area contributed by atoms with Crippen LogP contribution in [0.15, 0.2) is 29.2 Å². The number of sulfone groups is 1. The highest BCUT2D eigenvalue weighted by molar-refractivity contribution is 7.92. The van der Waals surface area contributed by atoms with Crippen molar-refractivity contribution >= 4 is 15.5 Å². The smallest absolute Gasteiger partial charge is 0.374 e. The molecular weight excluding hydrogens is 357 g/mol. The Morgan fingerprint density at radius 1 is 1.20 bits per heavy atom. The summed E-state index contributed by atoms with van der Waals surface area (Å²) in [6.45, 7) is 2.45. The fraction of sp³-hybridized carbons (Fsp3) is 0.467. The van der Waals surface area contributed by atoms with Crippen LogP contribution in [0.25, 0.3) is 0 Å². The summed E-state index contributed by atoms with van der Waals surface area (Å²) in [6.07, 6.45) is 2.80. The molecule has 0 fully saturated rings. The zero-order valence-corrected chi connectivity index (χ0v) is 14.2. The Bertz CT molecular complexity index is 877. The van der Waals surface area contributed by atoms with Crippen LogP contribution in [0.3, 0.4) is 0 Å². The van der Waals surface area contributed by atoms with E-state index in [9.17, 15) is 21.6 Å². The van der Waals surface area contributed by atoms with Gasteiger partial charge < -0.3 is 9.88 Å². The number of anilines is 1. The summed E-state index contributed by atoms with van der Waals surface area (Å²) in [6, 6.07) is 4.49. The minimum absolute atomic E-state index is 0.111. The van der Waals surface area contributed by atoms with Crippen LogP contribution in [-0.4, -0.2) is 28.7 Å². The fourth-order valence-electron chi connectivity index (χ4n) is 2.89. The van der Waals surface area contributed by atoms with Crippen LogP contribution in [0.1, 0.15) is 37.5 Å². The molecule has 0 amide bonds. The number of benzene rings is 1. The highest BCUT2D eigenvalue weighted by Crippen LogP contribution is 2.35. The molecular formula is C15H17F3N4O2S. The third kappa shape index (κ3) is 3.22. The third-order valence-corrected chi connectivity index (χ3v) is 5.67. The summed E-state index contributed by atoms with van der Waals surface area (Å²) in [5, 5.41) is 11.1. The highest BCUT2D eigenvalue weighted by atomic mass is 32.2. The van der Waals surface area contributed by atoms with Crippen LogP contribution < -0.4 is 5.32 Å². The van der Waals surface area contributed by atoms with Gasteiger partial charge >= 0.3 is 5.51 Å². The molecule has 0 bridgehead atoms. The third-order valence-electron chi connectivity index (χ3n) is 4.13. The lowest BCUT2D eigenvalue weighted by Gasteiger charge is -2.21. The van der Waals surface area contributed by atoms with E-state index in [1.807, 2.05) is 4.57 Å². The predicted molar refractivity (Wildman–Crippen MR) is 84.7 cm³/mol. The van der Waals surface area contributed by atoms with Crippen molar-refractivity contribution < 1.29 is 21.6 Å². The van der Waals surface area contributed by atoms with E-state index in [0.29, 0.717) is 5.82 Å². The second kappa shape index (κ2) is 6.32. The molecule has 25 heavy (non-hydrogen) atoms. The largest absolute Gasteiger partial charge is 0.501 e. The van der Waals surface area contributed by atoms with E-state index >= 15 is 0 Å². The van der Waals surface area contributed by atoms with Gasteiger partial charge in [-0.05, 0) is 31.9 Å². The maximum atomic E-state index is 12.9. The second-order valence-corrected chi connectivity index (χ2v) is 7.80. The van der Waals surface area contributed by atoms with Crippen LogP contribution >= 0.6 is 0 Å². The van der Waals surface area contributed by atoms with Gasteiger partial charge in [-0.2, -0.15) is 13.2 Å². The van der Waals surface area contributed by atoms with Crippen molar-refractivity contribution in [2.24, 2.45) is 0 Å². The number of halogens is 3. The van der Waals surface area contributed by atoms with Crippen LogP contribution in [-0.2, 0) is 22.8 Å². The Hall–Kier alpha value is -2.10. The SMILES string of the molecule is CC(Nc1ccccc1S(=O)(=O)C(F)(F)F)c1nnc2n1CCCC2. The number of aromatic nitrogens is 3. The van der Waals surface area contributed by atoms with Gasteiger partial charge in [0, 0.05) is 13.0 Å². The molecule has 136 valence electrons. The number of hydrogen-bond acceptors (Lipinski definition) is 5. The van der Waals surface area contributed by atoms with E-state index < -0.39 is 26.3 Å². The van der Waals surface area contributed by atoms with Crippen LogP contribution in [0.4, 0.5) is 18.9 Å². The van der Waals surface area contributed by atoms with E-state index in [-0.39, 0.29) is 5.69 Å². The molecule has 6 nitrogen and oxygen atoms in total. The molecule has 10 heteroatoms. The number of nitrogens with one attached hydrogen (secondary N) is 1. The molecule has 1 atom stereocenters. The van der Waals surface area contributed by atoms with E-state index in [4.69, 9.17) is 0 Å². The van der Waals surface area contributed by atoms with Crippen LogP contribution in [0.5, 0.6) is 0 Å². The van der Waals surface area contributed by atoms with Gasteiger partial charge in [0.25, 0.3) is 9.84 Å². The molecule has 3 rings (SSSR count). The average Bonchev–Trinajstić information content (AvgIpc) is 2.98. The van der Waals surface area contributed by atoms with Gasteiger partial charge in [0.15, 0.2) is 5.82 Å². The summed E-state index contributed by atoms with van der Waals surface area (Å²) in [4.78, 5) is -0.798. The van der Waals surface area contributed by atoms with Crippen molar-refractivity contribution in [1.29, 1.82) is 0 Å². The van der Waals surface area contributed by atoms with Gasteiger partial charge in [0.2, 0.25) is 0 Å². The maximum Gasteiger partial charge on any atom is 0.501 e. The van der Waals surface area contributed by atoms with E-state index in [1.54, 1.807) is 6.92 Å². The van der Waals surface area contributed by atoms with Crippen molar-refractivity contribution in [3.05, 3.63) is 35.9 Å². The minimum Gasteiger partial charge on any atom is -0.374 e. The van der Waals surface area contributed by atoms with Crippen molar-refractivity contribution in [3.63, 3.8) is 0 Å². The number of para-hydroxylation sites is 1. The first-order valence-electron chi connectivity index (χ1n) is 7.80. The molecule has 1 aliphatic heterocycles. The van der Waals surface area contributed by atoms with E-state index in [0.717, 1.165) is 37.7 Å². The summed E-state index contributed by atoms with van der Waals surface area (Å²) in [5.41, 5.74) is -5.47. The van der Waals surface area contributed by atoms with Crippen molar-refractivity contribution in [2.45, 2.75) is 49.2 Å². The van der Waals surface area contributed by atoms with Crippen molar-refractivity contribution in [3.8, 4) is 0 Å². The first-order valence-corrected chi connectivity index (χ1v) is 9.29. The lowest BCUT2D eigenvalue weighted by atomic mass is 10.1. The number of alkyl halides is 3. The van der Waals surface area contributed by atoms with E-state index in [1.165, 1.54) is 18.2 Å². The molecule has 0 radical (unpaired) electrons. The topological polar surface area (TPSA) is 76.9 Å². The summed E-state index contributed by atoms with van der Waals surface area (Å²) in [5.74, 6) is 1.42. The normalized spacial score (nSPS) is 16.3. The number of hydrogen-bond donors (Lipinski definition) is 1. The standard InChI is InChI=1S/C15H17F3N4O2S/c1-10(14-21-20-13-8-4-5-9-22(13)14)19-11-6-2-3-7-12(11)25(23,24)15(16,17)18/h2-3,6-7,10,19H,4-5,8-9H2,1H3. The Labute approximate surface area is 143 Å². The van der Waals surface area contributed by atoms with Crippen molar-refractivity contribution in [1.82, 2.24) is 14.8 Å². The molecule has 0 aliphatic carbocycles. The number of nitrogens with zero attached hydrogens (tertiary/aromatic N) is 3. The van der Waals surface area contributed by atoms with Gasteiger partial charge in [-0.15, -0.1) is 10.2 Å². The second-order valence-electron chi connectivity index (χ2n) is 5.89. The van der Waals surface area contributed by atoms with Crippen LogP contribution in [0, 0.1) is 0 Å². The molecule has 1 N–H and O–H groups in total. The molecule has 2 aromatic rings. The first kappa shape index (κ1) is 17.7. The highest BCUT2D eigenvalue weighted by Gasteiger charge is 2.48.